The summed E-state index contributed by atoms with van der Waals surface area (Å²) in [6.45, 7) is 1.57. The van der Waals surface area contributed by atoms with Crippen LogP contribution in [-0.2, 0) is 11.9 Å². The van der Waals surface area contributed by atoms with Crippen LogP contribution in [0.25, 0.3) is 0 Å². The number of hydrogen-bond acceptors (Lipinski definition) is 2. The fraction of sp³-hybridized carbons (Fsp3) is 0.174. The fourth-order valence-corrected chi connectivity index (χ4v) is 4.17. The van der Waals surface area contributed by atoms with E-state index in [1.54, 1.807) is 31.2 Å². The van der Waals surface area contributed by atoms with Crippen molar-refractivity contribution in [1.29, 1.82) is 0 Å². The molecule has 0 aliphatic carbocycles. The number of anilines is 2. The lowest BCUT2D eigenvalue weighted by Gasteiger charge is -2.36. The van der Waals surface area contributed by atoms with Gasteiger partial charge in [-0.15, -0.1) is 0 Å². The summed E-state index contributed by atoms with van der Waals surface area (Å²) in [5, 5.41) is 12.8. The Labute approximate surface area is 192 Å². The zero-order chi connectivity index (χ0) is 23.3. The average molecular weight is 481 g/mol. The number of urea groups is 1. The normalized spacial score (nSPS) is 21.3. The molecule has 1 saturated heterocycles. The van der Waals surface area contributed by atoms with Crippen LogP contribution in [0.4, 0.5) is 29.3 Å². The molecule has 0 saturated carbocycles. The van der Waals surface area contributed by atoms with Gasteiger partial charge in [0.15, 0.2) is 5.72 Å². The molecular weight excluding hydrogens is 464 g/mol. The molecule has 0 aromatic heterocycles. The maximum absolute atomic E-state index is 13.6. The molecule has 1 heterocycles. The lowest BCUT2D eigenvalue weighted by molar-refractivity contribution is -0.137. The van der Waals surface area contributed by atoms with Crippen LogP contribution in [0, 0.1) is 0 Å². The van der Waals surface area contributed by atoms with Gasteiger partial charge in [0.05, 0.1) is 11.6 Å². The molecule has 1 unspecified atom stereocenters. The van der Waals surface area contributed by atoms with Crippen molar-refractivity contribution in [1.82, 2.24) is 0 Å². The summed E-state index contributed by atoms with van der Waals surface area (Å²) in [5.41, 5.74) is -2.38. The van der Waals surface area contributed by atoms with Crippen LogP contribution in [-0.4, -0.2) is 17.2 Å². The molecule has 1 aliphatic rings. The Kier molecular flexibility index (Phi) is 5.61. The van der Waals surface area contributed by atoms with Crippen molar-refractivity contribution in [2.75, 3.05) is 9.80 Å². The van der Waals surface area contributed by atoms with Crippen LogP contribution in [0.15, 0.2) is 72.8 Å². The molecule has 3 aromatic carbocycles. The lowest BCUT2D eigenvalue weighted by atomic mass is 9.93. The SMILES string of the molecule is C[C@@H]1N(c2ccc(Cl)cc2)C(=O)N(c2ccc(Cl)cc2)C1(O)c1cccc(C(F)(F)F)c1. The van der Waals surface area contributed by atoms with Crippen molar-refractivity contribution in [3.63, 3.8) is 0 Å². The highest BCUT2D eigenvalue weighted by Crippen LogP contribution is 2.45. The van der Waals surface area contributed by atoms with Gasteiger partial charge in [-0.2, -0.15) is 13.2 Å². The first-order valence-electron chi connectivity index (χ1n) is 9.58. The minimum absolute atomic E-state index is 0.0698. The van der Waals surface area contributed by atoms with E-state index in [1.165, 1.54) is 41.3 Å². The summed E-state index contributed by atoms with van der Waals surface area (Å²) in [7, 11) is 0. The zero-order valence-corrected chi connectivity index (χ0v) is 18.2. The van der Waals surface area contributed by atoms with Crippen LogP contribution in [0.5, 0.6) is 0 Å². The Balaban J connectivity index is 1.91. The van der Waals surface area contributed by atoms with Crippen LogP contribution < -0.4 is 9.80 Å². The smallest absolute Gasteiger partial charge is 0.365 e. The van der Waals surface area contributed by atoms with Gasteiger partial charge < -0.3 is 5.11 Å². The number of rotatable bonds is 3. The van der Waals surface area contributed by atoms with Crippen molar-refractivity contribution in [2.45, 2.75) is 24.9 Å². The molecule has 2 amide bonds. The Hall–Kier alpha value is -2.74. The number of nitrogens with zero attached hydrogens (tertiary/aromatic N) is 2. The maximum Gasteiger partial charge on any atom is 0.416 e. The Bertz CT molecular complexity index is 1150. The molecule has 3 aromatic rings. The third-order valence-electron chi connectivity index (χ3n) is 5.51. The van der Waals surface area contributed by atoms with E-state index in [0.29, 0.717) is 15.7 Å². The lowest BCUT2D eigenvalue weighted by Crippen LogP contribution is -2.48. The van der Waals surface area contributed by atoms with E-state index in [1.807, 2.05) is 0 Å². The number of benzene rings is 3. The fourth-order valence-electron chi connectivity index (χ4n) is 3.91. The maximum atomic E-state index is 13.6. The van der Waals surface area contributed by atoms with Gasteiger partial charge >= 0.3 is 12.2 Å². The highest BCUT2D eigenvalue weighted by Gasteiger charge is 2.57. The summed E-state index contributed by atoms with van der Waals surface area (Å²) in [6, 6.07) is 15.3. The molecule has 0 bridgehead atoms. The summed E-state index contributed by atoms with van der Waals surface area (Å²) < 4.78 is 40.2. The number of aliphatic hydroxyl groups is 1. The molecule has 4 rings (SSSR count). The second-order valence-corrected chi connectivity index (χ2v) is 8.29. The van der Waals surface area contributed by atoms with E-state index >= 15 is 0 Å². The number of amides is 2. The summed E-state index contributed by atoms with van der Waals surface area (Å²) in [5.74, 6) is 0. The molecule has 166 valence electrons. The Morgan fingerprint density at radius 3 is 1.97 bits per heavy atom. The first-order valence-corrected chi connectivity index (χ1v) is 10.3. The molecule has 2 atom stereocenters. The number of halogens is 5. The largest absolute Gasteiger partial charge is 0.416 e. The van der Waals surface area contributed by atoms with Gasteiger partial charge in [-0.25, -0.2) is 4.79 Å². The quantitative estimate of drug-likeness (QED) is 0.453. The number of carbonyl (C=O) groups is 1. The van der Waals surface area contributed by atoms with E-state index in [2.05, 4.69) is 0 Å². The van der Waals surface area contributed by atoms with E-state index in [0.717, 1.165) is 17.0 Å². The average Bonchev–Trinajstić information content (AvgIpc) is 2.95. The summed E-state index contributed by atoms with van der Waals surface area (Å²) >= 11 is 11.9. The first kappa shape index (κ1) is 22.5. The van der Waals surface area contributed by atoms with E-state index in [-0.39, 0.29) is 11.3 Å². The number of carbonyl (C=O) groups excluding carboxylic acids is 1. The highest BCUT2D eigenvalue weighted by molar-refractivity contribution is 6.31. The molecule has 1 fully saturated rings. The predicted octanol–water partition coefficient (Wildman–Crippen LogP) is 6.69. The topological polar surface area (TPSA) is 43.8 Å². The predicted molar refractivity (Wildman–Crippen MR) is 118 cm³/mol. The first-order chi connectivity index (χ1) is 15.0. The number of alkyl halides is 3. The molecule has 1 aliphatic heterocycles. The molecule has 9 heteroatoms. The van der Waals surface area contributed by atoms with Crippen LogP contribution >= 0.6 is 23.2 Å². The summed E-state index contributed by atoms with van der Waals surface area (Å²) in [4.78, 5) is 16.0. The van der Waals surface area contributed by atoms with Gasteiger partial charge in [0, 0.05) is 27.0 Å². The van der Waals surface area contributed by atoms with Crippen molar-refractivity contribution in [3.05, 3.63) is 94.0 Å². The standard InChI is InChI=1S/C23H17Cl2F3N2O2/c1-14-22(32,15-3-2-4-16(13-15)23(26,27)28)30(20-11-7-18(25)8-12-20)21(31)29(14)19-9-5-17(24)6-10-19/h2-14,32H,1H3/t14-,22?/m0/s1. The van der Waals surface area contributed by atoms with Gasteiger partial charge in [0.2, 0.25) is 0 Å². The monoisotopic (exact) mass is 480 g/mol. The van der Waals surface area contributed by atoms with Gasteiger partial charge in [-0.3, -0.25) is 9.80 Å². The minimum Gasteiger partial charge on any atom is -0.365 e. The highest BCUT2D eigenvalue weighted by atomic mass is 35.5. The van der Waals surface area contributed by atoms with Crippen LogP contribution in [0.3, 0.4) is 0 Å². The van der Waals surface area contributed by atoms with Gasteiger partial charge in [0.25, 0.3) is 0 Å². The van der Waals surface area contributed by atoms with Crippen molar-refractivity contribution in [3.8, 4) is 0 Å². The second-order valence-electron chi connectivity index (χ2n) is 7.42. The van der Waals surface area contributed by atoms with Gasteiger partial charge in [-0.05, 0) is 67.6 Å². The van der Waals surface area contributed by atoms with Gasteiger partial charge in [0.1, 0.15) is 0 Å². The second kappa shape index (κ2) is 7.99. The third kappa shape index (κ3) is 3.70. The number of hydrogen-bond donors (Lipinski definition) is 1. The van der Waals surface area contributed by atoms with Gasteiger partial charge in [-0.1, -0.05) is 35.3 Å². The van der Waals surface area contributed by atoms with E-state index in [4.69, 9.17) is 23.2 Å². The van der Waals surface area contributed by atoms with E-state index < -0.39 is 29.5 Å². The molecule has 32 heavy (non-hydrogen) atoms. The van der Waals surface area contributed by atoms with Crippen LogP contribution in [0.1, 0.15) is 18.1 Å². The van der Waals surface area contributed by atoms with Crippen LogP contribution in [0.2, 0.25) is 10.0 Å². The van der Waals surface area contributed by atoms with Crippen molar-refractivity contribution >= 4 is 40.6 Å². The van der Waals surface area contributed by atoms with Crippen molar-refractivity contribution < 1.29 is 23.1 Å². The zero-order valence-electron chi connectivity index (χ0n) is 16.6. The molecule has 0 radical (unpaired) electrons. The minimum atomic E-state index is -4.61. The Morgan fingerprint density at radius 2 is 1.44 bits per heavy atom. The van der Waals surface area contributed by atoms with Crippen molar-refractivity contribution in [2.24, 2.45) is 0 Å². The molecule has 4 nitrogen and oxygen atoms in total. The summed E-state index contributed by atoms with van der Waals surface area (Å²) in [6.07, 6.45) is -4.61. The molecule has 0 spiro atoms. The Morgan fingerprint density at radius 1 is 0.906 bits per heavy atom. The molecular formula is C23H17Cl2F3N2O2. The third-order valence-corrected chi connectivity index (χ3v) is 6.02. The van der Waals surface area contributed by atoms with E-state index in [9.17, 15) is 23.1 Å². The molecule has 1 N–H and O–H groups in total.